The fourth-order valence-electron chi connectivity index (χ4n) is 4.00. The number of likely N-dealkylation sites (tertiary alicyclic amines) is 2. The molecule has 3 fully saturated rings. The molecule has 19 heavy (non-hydrogen) atoms. The van der Waals surface area contributed by atoms with Crippen LogP contribution in [0.4, 0.5) is 0 Å². The maximum atomic E-state index is 2.74. The molecule has 0 saturated carbocycles. The van der Waals surface area contributed by atoms with Crippen molar-refractivity contribution in [2.75, 3.05) is 73.0 Å². The van der Waals surface area contributed by atoms with Crippen LogP contribution in [0.15, 0.2) is 0 Å². The predicted molar refractivity (Wildman–Crippen MR) is 79.5 cm³/mol. The van der Waals surface area contributed by atoms with Crippen LogP contribution in [0.5, 0.6) is 0 Å². The minimum absolute atomic E-state index is 0.841. The van der Waals surface area contributed by atoms with Crippen molar-refractivity contribution < 1.29 is 0 Å². The van der Waals surface area contributed by atoms with Crippen molar-refractivity contribution >= 4 is 0 Å². The van der Waals surface area contributed by atoms with Crippen molar-refractivity contribution in [2.24, 2.45) is 5.92 Å². The Labute approximate surface area is 118 Å². The molecule has 3 heterocycles. The zero-order valence-electron chi connectivity index (χ0n) is 12.7. The summed E-state index contributed by atoms with van der Waals surface area (Å²) in [5, 5.41) is 0. The second-order valence-corrected chi connectivity index (χ2v) is 6.96. The van der Waals surface area contributed by atoms with E-state index in [1.54, 1.807) is 0 Å². The topological polar surface area (TPSA) is 13.0 Å². The Kier molecular flexibility index (Phi) is 4.42. The standard InChI is InChI=1S/C15H30N4/c1-16-7-9-19(10-8-16)15-4-6-18(13-15)12-14-3-5-17(2)11-14/h14-15H,3-13H2,1-2H3. The Morgan fingerprint density at radius 2 is 1.58 bits per heavy atom. The first-order valence-corrected chi connectivity index (χ1v) is 8.04. The molecule has 0 aromatic heterocycles. The van der Waals surface area contributed by atoms with E-state index >= 15 is 0 Å². The highest BCUT2D eigenvalue weighted by molar-refractivity contribution is 4.87. The van der Waals surface area contributed by atoms with Crippen LogP contribution < -0.4 is 0 Å². The summed E-state index contributed by atoms with van der Waals surface area (Å²) in [5.41, 5.74) is 0. The molecule has 0 N–H and O–H groups in total. The van der Waals surface area contributed by atoms with Crippen molar-refractivity contribution in [1.82, 2.24) is 19.6 Å². The van der Waals surface area contributed by atoms with Crippen molar-refractivity contribution in [3.05, 3.63) is 0 Å². The van der Waals surface area contributed by atoms with Gasteiger partial charge in [0.25, 0.3) is 0 Å². The molecule has 0 amide bonds. The Morgan fingerprint density at radius 3 is 2.26 bits per heavy atom. The molecule has 0 bridgehead atoms. The van der Waals surface area contributed by atoms with Crippen LogP contribution in [0.3, 0.4) is 0 Å². The summed E-state index contributed by atoms with van der Waals surface area (Å²) in [6, 6.07) is 0.841. The molecule has 3 aliphatic rings. The van der Waals surface area contributed by atoms with E-state index < -0.39 is 0 Å². The lowest BCUT2D eigenvalue weighted by atomic mass is 10.1. The first-order chi connectivity index (χ1) is 9.20. The summed E-state index contributed by atoms with van der Waals surface area (Å²) in [4.78, 5) is 10.4. The lowest BCUT2D eigenvalue weighted by Gasteiger charge is -2.36. The van der Waals surface area contributed by atoms with Crippen LogP contribution in [0.2, 0.25) is 0 Å². The number of hydrogen-bond acceptors (Lipinski definition) is 4. The second kappa shape index (κ2) is 6.08. The lowest BCUT2D eigenvalue weighted by Crippen LogP contribution is -2.49. The summed E-state index contributed by atoms with van der Waals surface area (Å²) in [7, 11) is 4.51. The van der Waals surface area contributed by atoms with Crippen LogP contribution in [0, 0.1) is 5.92 Å². The normalized spacial score (nSPS) is 36.3. The highest BCUT2D eigenvalue weighted by Gasteiger charge is 2.31. The highest BCUT2D eigenvalue weighted by atomic mass is 15.3. The Bertz CT molecular complexity index is 288. The first kappa shape index (κ1) is 13.8. The fraction of sp³-hybridized carbons (Fsp3) is 1.00. The molecule has 3 saturated heterocycles. The van der Waals surface area contributed by atoms with E-state index in [0.717, 1.165) is 12.0 Å². The number of piperazine rings is 1. The number of nitrogens with zero attached hydrogens (tertiary/aromatic N) is 4. The van der Waals surface area contributed by atoms with Crippen LogP contribution in [0.25, 0.3) is 0 Å². The van der Waals surface area contributed by atoms with E-state index in [4.69, 9.17) is 0 Å². The maximum absolute atomic E-state index is 2.74. The molecule has 3 rings (SSSR count). The molecule has 0 aliphatic carbocycles. The second-order valence-electron chi connectivity index (χ2n) is 6.96. The molecular weight excluding hydrogens is 236 g/mol. The first-order valence-electron chi connectivity index (χ1n) is 8.04. The van der Waals surface area contributed by atoms with Gasteiger partial charge in [0.1, 0.15) is 0 Å². The summed E-state index contributed by atoms with van der Waals surface area (Å²) < 4.78 is 0. The zero-order chi connectivity index (χ0) is 13.2. The lowest BCUT2D eigenvalue weighted by molar-refractivity contribution is 0.112. The van der Waals surface area contributed by atoms with E-state index in [-0.39, 0.29) is 0 Å². The Morgan fingerprint density at radius 1 is 0.789 bits per heavy atom. The minimum Gasteiger partial charge on any atom is -0.306 e. The molecule has 0 aromatic carbocycles. The fourth-order valence-corrected chi connectivity index (χ4v) is 4.00. The van der Waals surface area contributed by atoms with Crippen molar-refractivity contribution in [3.8, 4) is 0 Å². The number of hydrogen-bond donors (Lipinski definition) is 0. The van der Waals surface area contributed by atoms with Gasteiger partial charge in [-0.2, -0.15) is 0 Å². The quantitative estimate of drug-likeness (QED) is 0.726. The molecular formula is C15H30N4. The van der Waals surface area contributed by atoms with Crippen LogP contribution in [-0.4, -0.2) is 98.6 Å². The van der Waals surface area contributed by atoms with Gasteiger partial charge in [-0.1, -0.05) is 0 Å². The van der Waals surface area contributed by atoms with Gasteiger partial charge in [-0.15, -0.1) is 0 Å². The van der Waals surface area contributed by atoms with Crippen molar-refractivity contribution in [2.45, 2.75) is 18.9 Å². The van der Waals surface area contributed by atoms with Crippen molar-refractivity contribution in [1.29, 1.82) is 0 Å². The van der Waals surface area contributed by atoms with Gasteiger partial charge in [0.2, 0.25) is 0 Å². The van der Waals surface area contributed by atoms with E-state index in [9.17, 15) is 0 Å². The van der Waals surface area contributed by atoms with Gasteiger partial charge in [-0.3, -0.25) is 4.90 Å². The summed E-state index contributed by atoms with van der Waals surface area (Å²) >= 11 is 0. The van der Waals surface area contributed by atoms with Crippen LogP contribution in [0.1, 0.15) is 12.8 Å². The smallest absolute Gasteiger partial charge is 0.0236 e. The molecule has 4 nitrogen and oxygen atoms in total. The van der Waals surface area contributed by atoms with Gasteiger partial charge in [0.15, 0.2) is 0 Å². The third kappa shape index (κ3) is 3.48. The molecule has 2 atom stereocenters. The van der Waals surface area contributed by atoms with E-state index in [2.05, 4.69) is 33.7 Å². The third-order valence-electron chi connectivity index (χ3n) is 5.31. The van der Waals surface area contributed by atoms with Gasteiger partial charge in [-0.05, 0) is 45.9 Å². The van der Waals surface area contributed by atoms with E-state index in [0.29, 0.717) is 0 Å². The van der Waals surface area contributed by atoms with Gasteiger partial charge < -0.3 is 14.7 Å². The summed E-state index contributed by atoms with van der Waals surface area (Å²) in [5.74, 6) is 0.927. The molecule has 3 aliphatic heterocycles. The van der Waals surface area contributed by atoms with Gasteiger partial charge in [0.05, 0.1) is 0 Å². The third-order valence-corrected chi connectivity index (χ3v) is 5.31. The molecule has 2 unspecified atom stereocenters. The van der Waals surface area contributed by atoms with Gasteiger partial charge >= 0.3 is 0 Å². The van der Waals surface area contributed by atoms with Gasteiger partial charge in [0, 0.05) is 51.9 Å². The van der Waals surface area contributed by atoms with Crippen LogP contribution in [-0.2, 0) is 0 Å². The molecule has 0 spiro atoms. The van der Waals surface area contributed by atoms with E-state index in [1.807, 2.05) is 0 Å². The Hall–Kier alpha value is -0.160. The predicted octanol–water partition coefficient (Wildman–Crippen LogP) is 0.260. The molecule has 4 heteroatoms. The minimum atomic E-state index is 0.841. The average Bonchev–Trinajstić information content (AvgIpc) is 3.00. The molecule has 0 aromatic rings. The maximum Gasteiger partial charge on any atom is 0.0236 e. The monoisotopic (exact) mass is 266 g/mol. The highest BCUT2D eigenvalue weighted by Crippen LogP contribution is 2.21. The molecule has 110 valence electrons. The van der Waals surface area contributed by atoms with Crippen molar-refractivity contribution in [3.63, 3.8) is 0 Å². The summed E-state index contributed by atoms with van der Waals surface area (Å²) in [6.07, 6.45) is 2.80. The van der Waals surface area contributed by atoms with Gasteiger partial charge in [-0.25, -0.2) is 0 Å². The average molecular weight is 266 g/mol. The van der Waals surface area contributed by atoms with Crippen LogP contribution >= 0.6 is 0 Å². The summed E-state index contributed by atoms with van der Waals surface area (Å²) in [6.45, 7) is 11.7. The number of rotatable bonds is 3. The van der Waals surface area contributed by atoms with E-state index in [1.165, 1.54) is 71.7 Å². The molecule has 0 radical (unpaired) electrons. The zero-order valence-corrected chi connectivity index (χ0v) is 12.7. The number of likely N-dealkylation sites (N-methyl/N-ethyl adjacent to an activating group) is 1. The largest absolute Gasteiger partial charge is 0.306 e. The SMILES string of the molecule is CN1CCN(C2CCN(CC3CCN(C)C3)C2)CC1. The Balaban J connectivity index is 1.42.